The maximum absolute atomic E-state index is 6.20. The summed E-state index contributed by atoms with van der Waals surface area (Å²) in [6, 6.07) is 12.9. The maximum atomic E-state index is 6.20. The summed E-state index contributed by atoms with van der Waals surface area (Å²) in [5.41, 5.74) is 2.58. The van der Waals surface area contributed by atoms with Crippen molar-refractivity contribution in [2.24, 2.45) is 0 Å². The molecule has 0 fully saturated rings. The summed E-state index contributed by atoms with van der Waals surface area (Å²) >= 11 is 17.4. The predicted molar refractivity (Wildman–Crippen MR) is 111 cm³/mol. The molecular weight excluding hydrogens is 391 g/mol. The smallest absolute Gasteiger partial charge is 0.175 e. The lowest BCUT2D eigenvalue weighted by atomic mass is 10.2. The molecule has 0 unspecified atom stereocenters. The van der Waals surface area contributed by atoms with Crippen LogP contribution in [0.2, 0.25) is 10.0 Å². The van der Waals surface area contributed by atoms with E-state index in [1.54, 1.807) is 30.1 Å². The van der Waals surface area contributed by atoms with Crippen molar-refractivity contribution >= 4 is 51.9 Å². The van der Waals surface area contributed by atoms with Crippen LogP contribution < -0.4 is 15.4 Å². The molecule has 1 heterocycles. The lowest BCUT2D eigenvalue weighted by Gasteiger charge is -2.09. The molecule has 0 aliphatic rings. The van der Waals surface area contributed by atoms with E-state index in [4.69, 9.17) is 40.2 Å². The van der Waals surface area contributed by atoms with Gasteiger partial charge in [-0.3, -0.25) is 4.68 Å². The van der Waals surface area contributed by atoms with Gasteiger partial charge in [-0.05, 0) is 54.2 Å². The quantitative estimate of drug-likeness (QED) is 0.580. The van der Waals surface area contributed by atoms with E-state index in [-0.39, 0.29) is 0 Å². The molecule has 5 nitrogen and oxygen atoms in total. The van der Waals surface area contributed by atoms with Gasteiger partial charge in [-0.25, -0.2) is 0 Å². The number of ether oxygens (including phenoxy) is 1. The lowest BCUT2D eigenvalue weighted by Crippen LogP contribution is -2.18. The molecule has 0 spiro atoms. The second-order valence-corrected chi connectivity index (χ2v) is 6.72. The van der Waals surface area contributed by atoms with E-state index in [1.165, 1.54) is 0 Å². The Morgan fingerprint density at radius 2 is 1.85 bits per heavy atom. The minimum Gasteiger partial charge on any atom is -0.497 e. The largest absolute Gasteiger partial charge is 0.497 e. The van der Waals surface area contributed by atoms with Gasteiger partial charge in [-0.1, -0.05) is 29.3 Å². The van der Waals surface area contributed by atoms with E-state index in [0.717, 1.165) is 22.7 Å². The van der Waals surface area contributed by atoms with Gasteiger partial charge < -0.3 is 15.4 Å². The van der Waals surface area contributed by atoms with E-state index >= 15 is 0 Å². The summed E-state index contributed by atoms with van der Waals surface area (Å²) in [5, 5.41) is 12.2. The van der Waals surface area contributed by atoms with E-state index < -0.39 is 0 Å². The van der Waals surface area contributed by atoms with Crippen LogP contribution in [0.25, 0.3) is 0 Å². The van der Waals surface area contributed by atoms with Gasteiger partial charge >= 0.3 is 0 Å². The van der Waals surface area contributed by atoms with Crippen LogP contribution in [-0.2, 0) is 6.54 Å². The van der Waals surface area contributed by atoms with Crippen LogP contribution in [0.15, 0.2) is 54.9 Å². The van der Waals surface area contributed by atoms with Gasteiger partial charge in [-0.2, -0.15) is 5.10 Å². The van der Waals surface area contributed by atoms with Crippen molar-refractivity contribution in [3.8, 4) is 5.75 Å². The SMILES string of the molecule is COc1ccc(NC(=S)Nc2cnn(Cc3ccc(Cl)cc3Cl)c2)cc1. The molecule has 0 radical (unpaired) electrons. The Kier molecular flexibility index (Phi) is 5.98. The highest BCUT2D eigenvalue weighted by atomic mass is 35.5. The molecule has 2 aromatic carbocycles. The zero-order valence-corrected chi connectivity index (χ0v) is 16.2. The molecule has 0 saturated heterocycles. The summed E-state index contributed by atoms with van der Waals surface area (Å²) in [7, 11) is 1.63. The zero-order chi connectivity index (χ0) is 18.5. The van der Waals surface area contributed by atoms with Crippen LogP contribution in [-0.4, -0.2) is 22.0 Å². The Hall–Kier alpha value is -2.28. The summed E-state index contributed by atoms with van der Waals surface area (Å²) in [5.74, 6) is 0.788. The monoisotopic (exact) mass is 406 g/mol. The molecule has 3 aromatic rings. The average molecular weight is 407 g/mol. The molecule has 0 aliphatic heterocycles. The topological polar surface area (TPSA) is 51.1 Å². The molecule has 2 N–H and O–H groups in total. The Morgan fingerprint density at radius 1 is 1.12 bits per heavy atom. The number of rotatable bonds is 5. The van der Waals surface area contributed by atoms with Gasteiger partial charge in [0.25, 0.3) is 0 Å². The first-order chi connectivity index (χ1) is 12.5. The van der Waals surface area contributed by atoms with E-state index in [2.05, 4.69) is 15.7 Å². The molecule has 0 atom stereocenters. The number of thiocarbonyl (C=S) groups is 1. The van der Waals surface area contributed by atoms with Crippen molar-refractivity contribution in [3.63, 3.8) is 0 Å². The predicted octanol–water partition coefficient (Wildman–Crippen LogP) is 5.06. The molecule has 0 aliphatic carbocycles. The third-order valence-corrected chi connectivity index (χ3v) is 4.38. The number of hydrogen-bond donors (Lipinski definition) is 2. The summed E-state index contributed by atoms with van der Waals surface area (Å²) in [4.78, 5) is 0. The number of benzene rings is 2. The number of halogens is 2. The minimum absolute atomic E-state index is 0.472. The Morgan fingerprint density at radius 3 is 2.54 bits per heavy atom. The van der Waals surface area contributed by atoms with Crippen LogP contribution in [0, 0.1) is 0 Å². The first-order valence-electron chi connectivity index (χ1n) is 7.72. The Labute approximate surface area is 166 Å². The number of anilines is 2. The Bertz CT molecular complexity index is 912. The molecule has 0 bridgehead atoms. The molecule has 8 heteroatoms. The highest BCUT2D eigenvalue weighted by Crippen LogP contribution is 2.22. The fraction of sp³-hybridized carbons (Fsp3) is 0.111. The highest BCUT2D eigenvalue weighted by Gasteiger charge is 2.06. The minimum atomic E-state index is 0.472. The summed E-state index contributed by atoms with van der Waals surface area (Å²) in [6.45, 7) is 0.538. The standard InChI is InChI=1S/C18H16Cl2N4OS/c1-25-16-6-4-14(5-7-16)22-18(26)23-15-9-21-24(11-15)10-12-2-3-13(19)8-17(12)20/h2-9,11H,10H2,1H3,(H2,22,23,26). The fourth-order valence-corrected chi connectivity index (χ4v) is 3.01. The number of hydrogen-bond acceptors (Lipinski definition) is 3. The molecule has 1 aromatic heterocycles. The third-order valence-electron chi connectivity index (χ3n) is 3.59. The van der Waals surface area contributed by atoms with Gasteiger partial charge in [0.2, 0.25) is 0 Å². The number of methoxy groups -OCH3 is 1. The van der Waals surface area contributed by atoms with Gasteiger partial charge in [0, 0.05) is 21.9 Å². The number of aromatic nitrogens is 2. The van der Waals surface area contributed by atoms with Crippen LogP contribution in [0.5, 0.6) is 5.75 Å². The van der Waals surface area contributed by atoms with Gasteiger partial charge in [0.05, 0.1) is 25.5 Å². The second-order valence-electron chi connectivity index (χ2n) is 5.47. The number of nitrogens with one attached hydrogen (secondary N) is 2. The van der Waals surface area contributed by atoms with Gasteiger partial charge in [0.15, 0.2) is 5.11 Å². The normalized spacial score (nSPS) is 10.4. The van der Waals surface area contributed by atoms with Crippen molar-refractivity contribution in [1.82, 2.24) is 9.78 Å². The van der Waals surface area contributed by atoms with Crippen molar-refractivity contribution in [3.05, 3.63) is 70.5 Å². The van der Waals surface area contributed by atoms with Crippen molar-refractivity contribution in [1.29, 1.82) is 0 Å². The third kappa shape index (κ3) is 4.88. The fourth-order valence-electron chi connectivity index (χ4n) is 2.31. The highest BCUT2D eigenvalue weighted by molar-refractivity contribution is 7.80. The van der Waals surface area contributed by atoms with Crippen LogP contribution in [0.4, 0.5) is 11.4 Å². The van der Waals surface area contributed by atoms with Crippen molar-refractivity contribution < 1.29 is 4.74 Å². The number of nitrogens with zero attached hydrogens (tertiary/aromatic N) is 2. The lowest BCUT2D eigenvalue weighted by molar-refractivity contribution is 0.415. The van der Waals surface area contributed by atoms with Crippen molar-refractivity contribution in [2.45, 2.75) is 6.54 Å². The van der Waals surface area contributed by atoms with E-state index in [0.29, 0.717) is 21.7 Å². The van der Waals surface area contributed by atoms with Crippen molar-refractivity contribution in [2.75, 3.05) is 17.7 Å². The average Bonchev–Trinajstić information content (AvgIpc) is 3.05. The molecule has 0 amide bonds. The van der Waals surface area contributed by atoms with Crippen LogP contribution >= 0.6 is 35.4 Å². The summed E-state index contributed by atoms with van der Waals surface area (Å²) in [6.07, 6.45) is 3.55. The molecule has 3 rings (SSSR count). The molecule has 0 saturated carbocycles. The van der Waals surface area contributed by atoms with Gasteiger partial charge in [-0.15, -0.1) is 0 Å². The van der Waals surface area contributed by atoms with E-state index in [1.807, 2.05) is 36.5 Å². The second kappa shape index (κ2) is 8.40. The summed E-state index contributed by atoms with van der Waals surface area (Å²) < 4.78 is 6.90. The molecule has 26 heavy (non-hydrogen) atoms. The maximum Gasteiger partial charge on any atom is 0.175 e. The first kappa shape index (κ1) is 18.5. The zero-order valence-electron chi connectivity index (χ0n) is 13.9. The van der Waals surface area contributed by atoms with Gasteiger partial charge in [0.1, 0.15) is 5.75 Å². The Balaban J connectivity index is 1.59. The van der Waals surface area contributed by atoms with Crippen LogP contribution in [0.3, 0.4) is 0 Å². The molecule has 134 valence electrons. The van der Waals surface area contributed by atoms with Crippen LogP contribution in [0.1, 0.15) is 5.56 Å². The van der Waals surface area contributed by atoms with E-state index in [9.17, 15) is 0 Å². The molecular formula is C18H16Cl2N4OS. The first-order valence-corrected chi connectivity index (χ1v) is 8.88.